The van der Waals surface area contributed by atoms with E-state index in [1.807, 2.05) is 18.3 Å². The lowest BCUT2D eigenvalue weighted by Gasteiger charge is -2.34. The summed E-state index contributed by atoms with van der Waals surface area (Å²) in [6, 6.07) is 7.65. The van der Waals surface area contributed by atoms with Crippen LogP contribution in [0.3, 0.4) is 0 Å². The lowest BCUT2D eigenvalue weighted by atomic mass is 10.1. The smallest absolute Gasteiger partial charge is 0.309 e. The number of nitrogens with zero attached hydrogens (tertiary/aromatic N) is 2. The van der Waals surface area contributed by atoms with Crippen LogP contribution in [0.4, 0.5) is 0 Å². The average Bonchev–Trinajstić information content (AvgIpc) is 2.79. The molecule has 1 aliphatic rings. The van der Waals surface area contributed by atoms with Crippen LogP contribution in [0.1, 0.15) is 24.1 Å². The number of quaternary nitrogens is 2. The highest BCUT2D eigenvalue weighted by molar-refractivity contribution is 6.35. The van der Waals surface area contributed by atoms with Crippen LogP contribution in [-0.2, 0) is 16.1 Å². The summed E-state index contributed by atoms with van der Waals surface area (Å²) < 4.78 is 0. The molecule has 2 aromatic heterocycles. The second-order valence-corrected chi connectivity index (χ2v) is 7.35. The molecular formula is C21H30N6O2+2. The van der Waals surface area contributed by atoms with Crippen molar-refractivity contribution in [3.05, 3.63) is 60.2 Å². The van der Waals surface area contributed by atoms with Crippen LogP contribution in [0.2, 0.25) is 0 Å². The molecule has 0 aliphatic carbocycles. The molecular weight excluding hydrogens is 368 g/mol. The second-order valence-electron chi connectivity index (χ2n) is 7.35. The number of hydrogen-bond donors (Lipinski definition) is 4. The van der Waals surface area contributed by atoms with Crippen molar-refractivity contribution in [3.8, 4) is 0 Å². The van der Waals surface area contributed by atoms with Gasteiger partial charge in [0.1, 0.15) is 32.2 Å². The summed E-state index contributed by atoms with van der Waals surface area (Å²) in [5.41, 5.74) is 1.98. The number of carbonyl (C=O) groups is 2. The minimum Gasteiger partial charge on any atom is -0.344 e. The Bertz CT molecular complexity index is 778. The van der Waals surface area contributed by atoms with Gasteiger partial charge in [-0.2, -0.15) is 0 Å². The third-order valence-corrected chi connectivity index (χ3v) is 5.55. The van der Waals surface area contributed by atoms with E-state index in [-0.39, 0.29) is 6.04 Å². The molecule has 0 aromatic carbocycles. The van der Waals surface area contributed by atoms with E-state index in [9.17, 15) is 9.59 Å². The number of hydrogen-bond acceptors (Lipinski definition) is 4. The number of rotatable bonds is 7. The van der Waals surface area contributed by atoms with Crippen molar-refractivity contribution in [3.63, 3.8) is 0 Å². The van der Waals surface area contributed by atoms with E-state index < -0.39 is 11.8 Å². The summed E-state index contributed by atoms with van der Waals surface area (Å²) in [4.78, 5) is 35.7. The van der Waals surface area contributed by atoms with Crippen molar-refractivity contribution < 1.29 is 19.4 Å². The van der Waals surface area contributed by atoms with Crippen molar-refractivity contribution in [1.29, 1.82) is 0 Å². The van der Waals surface area contributed by atoms with Gasteiger partial charge in [-0.15, -0.1) is 0 Å². The Hall–Kier alpha value is -2.84. The summed E-state index contributed by atoms with van der Waals surface area (Å²) in [6.45, 7) is 8.35. The molecule has 0 unspecified atom stereocenters. The van der Waals surface area contributed by atoms with E-state index in [1.54, 1.807) is 35.6 Å². The van der Waals surface area contributed by atoms with Crippen LogP contribution in [0.15, 0.2) is 49.1 Å². The summed E-state index contributed by atoms with van der Waals surface area (Å²) in [7, 11) is 0. The standard InChI is InChI=1S/C21H28N6O2/c1-2-26-10-12-27(13-11-26)19(18-4-3-7-23-15-18)16-25-21(29)20(28)24-14-17-5-8-22-9-6-17/h3-9,15,19H,2,10-14,16H2,1H3,(H,24,28)(H,25,29)/p+2/t19-/m1/s1. The third kappa shape index (κ3) is 6.07. The zero-order valence-electron chi connectivity index (χ0n) is 16.9. The van der Waals surface area contributed by atoms with E-state index in [0.29, 0.717) is 13.1 Å². The molecule has 0 bridgehead atoms. The molecule has 2 aromatic rings. The molecule has 4 N–H and O–H groups in total. The number of nitrogens with one attached hydrogen (secondary N) is 4. The Morgan fingerprint density at radius 2 is 1.72 bits per heavy atom. The Labute approximate surface area is 171 Å². The number of likely N-dealkylation sites (N-methyl/N-ethyl adjacent to an activating group) is 1. The van der Waals surface area contributed by atoms with E-state index >= 15 is 0 Å². The van der Waals surface area contributed by atoms with Crippen LogP contribution in [0, 0.1) is 0 Å². The maximum Gasteiger partial charge on any atom is 0.309 e. The first kappa shape index (κ1) is 20.9. The highest BCUT2D eigenvalue weighted by Crippen LogP contribution is 2.07. The third-order valence-electron chi connectivity index (χ3n) is 5.55. The molecule has 3 heterocycles. The Morgan fingerprint density at radius 1 is 1.00 bits per heavy atom. The number of aromatic nitrogens is 2. The molecule has 8 heteroatoms. The number of carbonyl (C=O) groups excluding carboxylic acids is 2. The van der Waals surface area contributed by atoms with Gasteiger partial charge in [-0.25, -0.2) is 0 Å². The molecule has 3 rings (SSSR count). The summed E-state index contributed by atoms with van der Waals surface area (Å²) in [5, 5.41) is 5.47. The van der Waals surface area contributed by atoms with Crippen molar-refractivity contribution in [1.82, 2.24) is 20.6 Å². The van der Waals surface area contributed by atoms with Gasteiger partial charge in [0.05, 0.1) is 13.1 Å². The Morgan fingerprint density at radius 3 is 2.38 bits per heavy atom. The average molecular weight is 399 g/mol. The molecule has 2 amide bonds. The summed E-state index contributed by atoms with van der Waals surface area (Å²) >= 11 is 0. The van der Waals surface area contributed by atoms with Crippen LogP contribution < -0.4 is 20.4 Å². The van der Waals surface area contributed by atoms with Crippen LogP contribution in [0.5, 0.6) is 0 Å². The van der Waals surface area contributed by atoms with E-state index in [1.165, 1.54) is 4.90 Å². The summed E-state index contributed by atoms with van der Waals surface area (Å²) in [6.07, 6.45) is 6.91. The fourth-order valence-electron chi connectivity index (χ4n) is 3.74. The van der Waals surface area contributed by atoms with E-state index in [4.69, 9.17) is 0 Å². The highest BCUT2D eigenvalue weighted by atomic mass is 16.2. The summed E-state index contributed by atoms with van der Waals surface area (Å²) in [5.74, 6) is -1.23. The van der Waals surface area contributed by atoms with E-state index in [0.717, 1.165) is 43.9 Å². The molecule has 1 saturated heterocycles. The van der Waals surface area contributed by atoms with Gasteiger partial charge in [-0.1, -0.05) is 0 Å². The number of pyridine rings is 2. The quantitative estimate of drug-likeness (QED) is 0.397. The first-order valence-corrected chi connectivity index (χ1v) is 10.2. The van der Waals surface area contributed by atoms with Crippen LogP contribution >= 0.6 is 0 Å². The van der Waals surface area contributed by atoms with E-state index in [2.05, 4.69) is 27.5 Å². The second kappa shape index (κ2) is 10.6. The van der Waals surface area contributed by atoms with Crippen LogP contribution in [0.25, 0.3) is 0 Å². The minimum absolute atomic E-state index is 0.0825. The fourth-order valence-corrected chi connectivity index (χ4v) is 3.74. The Kier molecular flexibility index (Phi) is 7.66. The van der Waals surface area contributed by atoms with Crippen molar-refractivity contribution in [2.45, 2.75) is 19.5 Å². The number of piperazine rings is 1. The predicted octanol–water partition coefficient (Wildman–Crippen LogP) is -2.25. The zero-order valence-corrected chi connectivity index (χ0v) is 16.9. The normalized spacial score (nSPS) is 19.9. The molecule has 29 heavy (non-hydrogen) atoms. The lowest BCUT2D eigenvalue weighted by molar-refractivity contribution is -1.03. The molecule has 1 atom stereocenters. The molecule has 0 spiro atoms. The lowest BCUT2D eigenvalue weighted by Crippen LogP contribution is -3.28. The van der Waals surface area contributed by atoms with Gasteiger partial charge in [0.2, 0.25) is 0 Å². The molecule has 154 valence electrons. The predicted molar refractivity (Wildman–Crippen MR) is 108 cm³/mol. The maximum atomic E-state index is 12.3. The fraction of sp³-hybridized carbons (Fsp3) is 0.429. The largest absolute Gasteiger partial charge is 0.344 e. The van der Waals surface area contributed by atoms with Gasteiger partial charge in [-0.3, -0.25) is 19.6 Å². The molecule has 0 radical (unpaired) electrons. The van der Waals surface area contributed by atoms with Gasteiger partial charge >= 0.3 is 11.8 Å². The van der Waals surface area contributed by atoms with Gasteiger partial charge in [-0.05, 0) is 36.8 Å². The van der Waals surface area contributed by atoms with Gasteiger partial charge in [0, 0.05) is 36.9 Å². The van der Waals surface area contributed by atoms with Crippen molar-refractivity contribution >= 4 is 11.8 Å². The van der Waals surface area contributed by atoms with Gasteiger partial charge < -0.3 is 20.4 Å². The molecule has 1 aliphatic heterocycles. The Balaban J connectivity index is 1.56. The first-order chi connectivity index (χ1) is 14.2. The molecule has 0 saturated carbocycles. The highest BCUT2D eigenvalue weighted by Gasteiger charge is 2.31. The first-order valence-electron chi connectivity index (χ1n) is 10.2. The number of amides is 2. The van der Waals surface area contributed by atoms with Crippen LogP contribution in [-0.4, -0.2) is 61.1 Å². The van der Waals surface area contributed by atoms with Gasteiger partial charge in [0.25, 0.3) is 0 Å². The van der Waals surface area contributed by atoms with Crippen molar-refractivity contribution in [2.24, 2.45) is 0 Å². The topological polar surface area (TPSA) is 92.9 Å². The minimum atomic E-state index is -0.623. The molecule has 8 nitrogen and oxygen atoms in total. The zero-order chi connectivity index (χ0) is 20.5. The SMILES string of the molecule is CC[NH+]1CC[NH+]([C@H](CNC(=O)C(=O)NCc2ccncc2)c2cccnc2)CC1. The molecule has 1 fully saturated rings. The monoisotopic (exact) mass is 398 g/mol. The van der Waals surface area contributed by atoms with Gasteiger partial charge in [0.15, 0.2) is 0 Å². The van der Waals surface area contributed by atoms with Crippen molar-refractivity contribution in [2.75, 3.05) is 39.3 Å². The maximum absolute atomic E-state index is 12.3.